The highest BCUT2D eigenvalue weighted by molar-refractivity contribution is 8.00. The topological polar surface area (TPSA) is 58.2 Å². The van der Waals surface area contributed by atoms with E-state index in [2.05, 4.69) is 10.6 Å². The summed E-state index contributed by atoms with van der Waals surface area (Å²) in [4.78, 5) is 25.3. The number of nitrogens with one attached hydrogen (secondary N) is 2. The average Bonchev–Trinajstić information content (AvgIpc) is 2.68. The molecule has 0 saturated heterocycles. The number of amides is 2. The van der Waals surface area contributed by atoms with Crippen LogP contribution >= 0.6 is 23.4 Å². The van der Waals surface area contributed by atoms with Crippen molar-refractivity contribution in [2.45, 2.75) is 18.7 Å². The van der Waals surface area contributed by atoms with Gasteiger partial charge in [-0.3, -0.25) is 9.59 Å². The lowest BCUT2D eigenvalue weighted by atomic mass is 10.1. The van der Waals surface area contributed by atoms with E-state index in [1.54, 1.807) is 0 Å². The number of carbonyl (C=O) groups excluding carboxylic acids is 2. The fourth-order valence-corrected chi connectivity index (χ4v) is 4.23. The molecule has 6 heteroatoms. The number of benzene rings is 3. The summed E-state index contributed by atoms with van der Waals surface area (Å²) < 4.78 is 0. The third-order valence-electron chi connectivity index (χ3n) is 4.37. The van der Waals surface area contributed by atoms with Gasteiger partial charge in [0.25, 0.3) is 0 Å². The van der Waals surface area contributed by atoms with E-state index in [-0.39, 0.29) is 24.1 Å². The predicted octanol–water partition coefficient (Wildman–Crippen LogP) is 4.96. The molecular weight excluding hydrogens is 392 g/mol. The molecule has 0 aromatic heterocycles. The summed E-state index contributed by atoms with van der Waals surface area (Å²) >= 11 is 7.72. The first-order valence-electron chi connectivity index (χ1n) is 8.88. The molecule has 28 heavy (non-hydrogen) atoms. The zero-order chi connectivity index (χ0) is 20.1. The number of hydrogen-bond donors (Lipinski definition) is 2. The van der Waals surface area contributed by atoms with Crippen molar-refractivity contribution in [1.82, 2.24) is 5.32 Å². The van der Waals surface area contributed by atoms with Crippen molar-refractivity contribution >= 4 is 51.6 Å². The fraction of sp³-hybridized carbons (Fsp3) is 0.182. The van der Waals surface area contributed by atoms with Crippen LogP contribution in [0, 0.1) is 13.8 Å². The number of halogens is 1. The third kappa shape index (κ3) is 4.86. The smallest absolute Gasteiger partial charge is 0.243 e. The molecule has 0 spiro atoms. The Balaban J connectivity index is 1.55. The van der Waals surface area contributed by atoms with Crippen molar-refractivity contribution in [2.24, 2.45) is 0 Å². The summed E-state index contributed by atoms with van der Waals surface area (Å²) in [6, 6.07) is 17.4. The Morgan fingerprint density at radius 3 is 2.29 bits per heavy atom. The second-order valence-corrected chi connectivity index (χ2v) is 7.90. The molecule has 3 rings (SSSR count). The molecule has 0 heterocycles. The number of anilines is 1. The highest BCUT2D eigenvalue weighted by atomic mass is 35.5. The standard InChI is InChI=1S/C22H21ClN2O2S/c1-14-6-3-7-15(2)22(14)25-19(26)12-24-20(27)13-28-18-11-5-9-16-8-4-10-17(23)21(16)18/h3-11H,12-13H2,1-2H3,(H,24,27)(H,25,26). The van der Waals surface area contributed by atoms with Crippen LogP contribution < -0.4 is 10.6 Å². The Labute approximate surface area is 173 Å². The quantitative estimate of drug-likeness (QED) is 0.563. The molecule has 2 amide bonds. The van der Waals surface area contributed by atoms with E-state index >= 15 is 0 Å². The van der Waals surface area contributed by atoms with Crippen molar-refractivity contribution in [3.63, 3.8) is 0 Å². The van der Waals surface area contributed by atoms with Gasteiger partial charge >= 0.3 is 0 Å². The molecule has 4 nitrogen and oxygen atoms in total. The van der Waals surface area contributed by atoms with E-state index in [4.69, 9.17) is 11.6 Å². The van der Waals surface area contributed by atoms with E-state index in [9.17, 15) is 9.59 Å². The van der Waals surface area contributed by atoms with Gasteiger partial charge in [-0.25, -0.2) is 0 Å². The second kappa shape index (κ2) is 9.13. The van der Waals surface area contributed by atoms with Crippen LogP contribution in [-0.4, -0.2) is 24.1 Å². The molecule has 0 atom stereocenters. The lowest BCUT2D eigenvalue weighted by molar-refractivity contribution is -0.122. The molecule has 0 bridgehead atoms. The first-order valence-corrected chi connectivity index (χ1v) is 10.2. The van der Waals surface area contributed by atoms with Gasteiger partial charge in [0.2, 0.25) is 11.8 Å². The van der Waals surface area contributed by atoms with Crippen LogP contribution in [0.1, 0.15) is 11.1 Å². The van der Waals surface area contributed by atoms with Gasteiger partial charge in [-0.1, -0.05) is 54.1 Å². The van der Waals surface area contributed by atoms with Gasteiger partial charge in [-0.05, 0) is 42.5 Å². The number of aryl methyl sites for hydroxylation is 2. The fourth-order valence-electron chi connectivity index (χ4n) is 2.95. The van der Waals surface area contributed by atoms with Gasteiger partial charge in [0, 0.05) is 21.0 Å². The molecule has 0 aliphatic heterocycles. The van der Waals surface area contributed by atoms with Crippen LogP contribution in [0.4, 0.5) is 5.69 Å². The lowest BCUT2D eigenvalue weighted by Gasteiger charge is -2.12. The van der Waals surface area contributed by atoms with Crippen LogP contribution in [0.5, 0.6) is 0 Å². The van der Waals surface area contributed by atoms with Crippen molar-refractivity contribution in [2.75, 3.05) is 17.6 Å². The van der Waals surface area contributed by atoms with E-state index in [1.807, 2.05) is 68.4 Å². The monoisotopic (exact) mass is 412 g/mol. The van der Waals surface area contributed by atoms with Gasteiger partial charge in [0.15, 0.2) is 0 Å². The lowest BCUT2D eigenvalue weighted by Crippen LogP contribution is -2.34. The number of carbonyl (C=O) groups is 2. The normalized spacial score (nSPS) is 10.7. The zero-order valence-corrected chi connectivity index (χ0v) is 17.3. The third-order valence-corrected chi connectivity index (χ3v) is 5.74. The Hall–Kier alpha value is -2.50. The summed E-state index contributed by atoms with van der Waals surface area (Å²) in [6.45, 7) is 3.81. The molecular formula is C22H21ClN2O2S. The number of rotatable bonds is 6. The average molecular weight is 413 g/mol. The molecule has 0 radical (unpaired) electrons. The van der Waals surface area contributed by atoms with Gasteiger partial charge in [0.05, 0.1) is 12.3 Å². The minimum atomic E-state index is -0.246. The van der Waals surface area contributed by atoms with Crippen molar-refractivity contribution in [3.8, 4) is 0 Å². The summed E-state index contributed by atoms with van der Waals surface area (Å²) in [5.41, 5.74) is 2.77. The molecule has 3 aromatic rings. The predicted molar refractivity (Wildman–Crippen MR) is 117 cm³/mol. The number of thioether (sulfide) groups is 1. The van der Waals surface area contributed by atoms with E-state index in [0.717, 1.165) is 32.5 Å². The van der Waals surface area contributed by atoms with E-state index < -0.39 is 0 Å². The molecule has 0 aliphatic carbocycles. The van der Waals surface area contributed by atoms with Gasteiger partial charge in [-0.2, -0.15) is 0 Å². The van der Waals surface area contributed by atoms with E-state index in [0.29, 0.717) is 5.02 Å². The van der Waals surface area contributed by atoms with Gasteiger partial charge in [0.1, 0.15) is 0 Å². The summed E-state index contributed by atoms with van der Waals surface area (Å²) in [5, 5.41) is 8.17. The Morgan fingerprint density at radius 1 is 0.929 bits per heavy atom. The van der Waals surface area contributed by atoms with Crippen LogP contribution in [0.15, 0.2) is 59.5 Å². The Kier molecular flexibility index (Phi) is 6.60. The molecule has 144 valence electrons. The molecule has 0 fully saturated rings. The maximum Gasteiger partial charge on any atom is 0.243 e. The highest BCUT2D eigenvalue weighted by Gasteiger charge is 2.11. The maximum atomic E-state index is 12.2. The molecule has 0 unspecified atom stereocenters. The Morgan fingerprint density at radius 2 is 1.57 bits per heavy atom. The Bertz CT molecular complexity index is 1010. The van der Waals surface area contributed by atoms with Crippen LogP contribution in [0.25, 0.3) is 10.8 Å². The highest BCUT2D eigenvalue weighted by Crippen LogP contribution is 2.33. The zero-order valence-electron chi connectivity index (χ0n) is 15.7. The first-order chi connectivity index (χ1) is 13.5. The second-order valence-electron chi connectivity index (χ2n) is 6.47. The SMILES string of the molecule is Cc1cccc(C)c1NC(=O)CNC(=O)CSc1cccc2cccc(Cl)c12. The van der Waals surface area contributed by atoms with Gasteiger partial charge < -0.3 is 10.6 Å². The molecule has 3 aromatic carbocycles. The minimum absolute atomic E-state index is 0.0660. The molecule has 2 N–H and O–H groups in total. The first kappa shape index (κ1) is 20.2. The van der Waals surface area contributed by atoms with Crippen LogP contribution in [-0.2, 0) is 9.59 Å². The summed E-state index contributed by atoms with van der Waals surface area (Å²) in [5.74, 6) is -0.240. The van der Waals surface area contributed by atoms with E-state index in [1.165, 1.54) is 11.8 Å². The van der Waals surface area contributed by atoms with Crippen molar-refractivity contribution in [1.29, 1.82) is 0 Å². The maximum absolute atomic E-state index is 12.2. The van der Waals surface area contributed by atoms with Crippen molar-refractivity contribution < 1.29 is 9.59 Å². The number of hydrogen-bond acceptors (Lipinski definition) is 3. The number of para-hydroxylation sites is 1. The molecule has 0 saturated carbocycles. The minimum Gasteiger partial charge on any atom is -0.346 e. The summed E-state index contributed by atoms with van der Waals surface area (Å²) in [7, 11) is 0. The molecule has 0 aliphatic rings. The van der Waals surface area contributed by atoms with Crippen molar-refractivity contribution in [3.05, 3.63) is 70.7 Å². The van der Waals surface area contributed by atoms with Crippen LogP contribution in [0.2, 0.25) is 5.02 Å². The summed E-state index contributed by atoms with van der Waals surface area (Å²) in [6.07, 6.45) is 0. The van der Waals surface area contributed by atoms with Gasteiger partial charge in [-0.15, -0.1) is 11.8 Å². The largest absolute Gasteiger partial charge is 0.346 e. The van der Waals surface area contributed by atoms with Crippen LogP contribution in [0.3, 0.4) is 0 Å². The number of fused-ring (bicyclic) bond motifs is 1.